The fraction of sp³-hybridized carbons (Fsp3) is 0.679. The van der Waals surface area contributed by atoms with E-state index in [-0.39, 0.29) is 29.6 Å². The molecule has 23 heteroatoms. The zero-order valence-corrected chi connectivity index (χ0v) is 49.0. The highest BCUT2D eigenvalue weighted by molar-refractivity contribution is 7.86. The predicted molar refractivity (Wildman–Crippen MR) is 298 cm³/mol. The molecule has 1 aromatic carbocycles. The molecule has 1 aromatic rings. The fourth-order valence-electron chi connectivity index (χ4n) is 9.14. The van der Waals surface area contributed by atoms with Crippen molar-refractivity contribution in [1.82, 2.24) is 4.58 Å². The van der Waals surface area contributed by atoms with Gasteiger partial charge in [-0.1, -0.05) is 33.3 Å². The maximum atomic E-state index is 12.4. The third-order valence-electron chi connectivity index (χ3n) is 13.2. The summed E-state index contributed by atoms with van der Waals surface area (Å²) in [5.41, 5.74) is 2.93. The van der Waals surface area contributed by atoms with Gasteiger partial charge in [0.15, 0.2) is 13.1 Å². The highest BCUT2D eigenvalue weighted by Crippen LogP contribution is 2.51. The van der Waals surface area contributed by atoms with Crippen LogP contribution in [0.5, 0.6) is 0 Å². The van der Waals surface area contributed by atoms with E-state index in [0.717, 1.165) is 27.9 Å². The lowest BCUT2D eigenvalue weighted by Crippen LogP contribution is -2.36. The topological polar surface area (TPSA) is 258 Å². The van der Waals surface area contributed by atoms with Crippen molar-refractivity contribution in [1.29, 1.82) is 0 Å². The monoisotopic (exact) mass is 1160 g/mol. The van der Waals surface area contributed by atoms with Crippen LogP contribution in [0.25, 0.3) is 11.3 Å². The number of carboxylic acid groups (broad SMARTS) is 1. The maximum absolute atomic E-state index is 12.4. The van der Waals surface area contributed by atoms with E-state index in [1.54, 1.807) is 20.3 Å². The lowest BCUT2D eigenvalue weighted by molar-refractivity contribution is -0.137. The third kappa shape index (κ3) is 25.0. The second-order valence-corrected chi connectivity index (χ2v) is 23.3. The molecule has 448 valence electrons. The number of nitrogens with zero attached hydrogens (tertiary/aromatic N) is 2. The van der Waals surface area contributed by atoms with Gasteiger partial charge < -0.3 is 61.8 Å². The number of benzene rings is 2. The number of allylic oxidation sites excluding steroid dienone is 2. The van der Waals surface area contributed by atoms with Gasteiger partial charge in [-0.05, 0) is 85.9 Å². The van der Waals surface area contributed by atoms with Gasteiger partial charge in [-0.15, -0.1) is 0 Å². The summed E-state index contributed by atoms with van der Waals surface area (Å²) < 4.78 is 133. The number of rotatable bonds is 44. The van der Waals surface area contributed by atoms with Gasteiger partial charge in [0.2, 0.25) is 5.36 Å². The SMILES string of the molecule is COCCOCCOCCOCCOCC[N+](CCOCCOCCOCCOCCOC)=c1ccc2c(C(C)(C)C)cc(CC/C=C3/N(CCCCCC(=O)O)c4ccc(S(=O)(=O)O)cc4C3(C)CCCS(=O)(=O)O)oc-2c1. The number of aryl methyl sites for hydroxylation is 1. The molecular formula is C56H89N2O19S2+. The molecule has 0 radical (unpaired) electrons. The average Bonchev–Trinajstić information content (AvgIpc) is 3.91. The Balaban J connectivity index is 1.57. The molecule has 3 aliphatic rings. The first-order valence-corrected chi connectivity index (χ1v) is 30.4. The zero-order valence-electron chi connectivity index (χ0n) is 47.4. The zero-order chi connectivity index (χ0) is 57.6. The van der Waals surface area contributed by atoms with Crippen molar-refractivity contribution in [3.05, 3.63) is 76.5 Å². The van der Waals surface area contributed by atoms with Gasteiger partial charge in [0, 0.05) is 62.0 Å². The highest BCUT2D eigenvalue weighted by atomic mass is 32.2. The van der Waals surface area contributed by atoms with Crippen LogP contribution < -0.4 is 14.8 Å². The number of hydrogen-bond donors (Lipinski definition) is 3. The van der Waals surface area contributed by atoms with Crippen LogP contribution in [0.4, 0.5) is 5.69 Å². The van der Waals surface area contributed by atoms with Gasteiger partial charge in [-0.25, -0.2) is 4.58 Å². The van der Waals surface area contributed by atoms with Crippen molar-refractivity contribution in [2.75, 3.05) is 163 Å². The highest BCUT2D eigenvalue weighted by Gasteiger charge is 2.44. The van der Waals surface area contributed by atoms with Crippen molar-refractivity contribution < 1.29 is 87.6 Å². The lowest BCUT2D eigenvalue weighted by atomic mass is 9.77. The summed E-state index contributed by atoms with van der Waals surface area (Å²) >= 11 is 0. The number of fused-ring (bicyclic) bond motifs is 2. The number of anilines is 1. The minimum atomic E-state index is -4.60. The van der Waals surface area contributed by atoms with Gasteiger partial charge in [-0.2, -0.15) is 16.8 Å². The fourth-order valence-corrected chi connectivity index (χ4v) is 10.2. The van der Waals surface area contributed by atoms with E-state index in [1.807, 2.05) is 13.0 Å². The van der Waals surface area contributed by atoms with E-state index in [4.69, 9.17) is 51.8 Å². The van der Waals surface area contributed by atoms with E-state index in [1.165, 1.54) is 12.1 Å². The van der Waals surface area contributed by atoms with Gasteiger partial charge in [0.25, 0.3) is 20.2 Å². The molecule has 0 saturated heterocycles. The van der Waals surface area contributed by atoms with Crippen molar-refractivity contribution in [3.8, 4) is 11.3 Å². The van der Waals surface area contributed by atoms with E-state index in [0.29, 0.717) is 188 Å². The Kier molecular flexibility index (Phi) is 30.7. The number of ether oxygens (including phenoxy) is 10. The molecule has 1 unspecified atom stereocenters. The molecule has 0 aromatic heterocycles. The van der Waals surface area contributed by atoms with Gasteiger partial charge in [-0.3, -0.25) is 13.9 Å². The quantitative estimate of drug-likeness (QED) is 0.0332. The summed E-state index contributed by atoms with van der Waals surface area (Å²) in [6.07, 6.45) is 5.04. The second kappa shape index (κ2) is 35.8. The van der Waals surface area contributed by atoms with Crippen LogP contribution in [0.15, 0.2) is 63.6 Å². The number of carbonyl (C=O) groups is 1. The molecule has 21 nitrogen and oxygen atoms in total. The van der Waals surface area contributed by atoms with Crippen molar-refractivity contribution in [2.24, 2.45) is 0 Å². The van der Waals surface area contributed by atoms with Crippen molar-refractivity contribution in [2.45, 2.75) is 94.8 Å². The number of hydrogen-bond acceptors (Lipinski definition) is 17. The Morgan fingerprint density at radius 1 is 0.671 bits per heavy atom. The molecule has 4 rings (SSSR count). The average molecular weight is 1160 g/mol. The number of methoxy groups -OCH3 is 2. The minimum Gasteiger partial charge on any atom is -0.481 e. The number of carboxylic acids is 1. The van der Waals surface area contributed by atoms with Crippen molar-refractivity contribution >= 4 is 31.9 Å². The van der Waals surface area contributed by atoms with Crippen LogP contribution in [0.2, 0.25) is 0 Å². The Labute approximate surface area is 468 Å². The Morgan fingerprint density at radius 3 is 1.67 bits per heavy atom. The minimum absolute atomic E-state index is 0.0292. The summed E-state index contributed by atoms with van der Waals surface area (Å²) in [5, 5.41) is 10.2. The van der Waals surface area contributed by atoms with E-state index < -0.39 is 37.4 Å². The molecule has 2 heterocycles. The summed E-state index contributed by atoms with van der Waals surface area (Å²) in [6.45, 7) is 18.3. The van der Waals surface area contributed by atoms with Crippen LogP contribution >= 0.6 is 0 Å². The first-order chi connectivity index (χ1) is 37.8. The Morgan fingerprint density at radius 2 is 1.19 bits per heavy atom. The van der Waals surface area contributed by atoms with Gasteiger partial charge in [0.1, 0.15) is 24.7 Å². The largest absolute Gasteiger partial charge is 0.481 e. The lowest BCUT2D eigenvalue weighted by Gasteiger charge is -2.31. The Hall–Kier alpha value is -3.92. The van der Waals surface area contributed by atoms with E-state index in [9.17, 15) is 35.8 Å². The molecule has 1 aliphatic carbocycles. The van der Waals surface area contributed by atoms with Crippen LogP contribution in [-0.2, 0) is 89.7 Å². The van der Waals surface area contributed by atoms with Gasteiger partial charge in [0.05, 0.1) is 122 Å². The number of aliphatic carboxylic acids is 1. The summed E-state index contributed by atoms with van der Waals surface area (Å²) in [5.74, 6) is 0.0395. The van der Waals surface area contributed by atoms with E-state index in [2.05, 4.69) is 54.5 Å². The molecule has 3 N–H and O–H groups in total. The molecule has 0 fully saturated rings. The standard InChI is InChI=1S/C56H88N2O19S2/c1-55(2,3)49-43-46(12-10-13-53-56(4,19-11-41-78(61,62)63)50-44-47(79(64,65)66)16-18-51(50)58(53)20-9-7-8-14-54(59)60)77-52-42-45(15-17-48(49)52)57(21-23-69-29-31-73-37-39-75-35-33-71-27-25-67-5)22-24-70-30-32-74-38-40-76-36-34-72-28-26-68-6/h13,15-18,42-44H,7-12,14,19-41H2,1-6H3,(H2-,59,60,61,62,63,64,65,66)/p+1/b53-13+. The molecule has 0 bridgehead atoms. The molecule has 2 aliphatic heterocycles. The number of unbranched alkanes of at least 4 members (excludes halogenated alkanes) is 2. The smallest absolute Gasteiger partial charge is 0.303 e. The molecule has 0 saturated carbocycles. The molecule has 0 spiro atoms. The molecule has 79 heavy (non-hydrogen) atoms. The molecule has 1 atom stereocenters. The van der Waals surface area contributed by atoms with Crippen LogP contribution in [0.3, 0.4) is 0 Å². The maximum Gasteiger partial charge on any atom is 0.303 e. The van der Waals surface area contributed by atoms with E-state index >= 15 is 0 Å². The van der Waals surface area contributed by atoms with Crippen LogP contribution in [0.1, 0.15) is 89.5 Å². The summed E-state index contributed by atoms with van der Waals surface area (Å²) in [6, 6.07) is 12.7. The van der Waals surface area contributed by atoms with Gasteiger partial charge >= 0.3 is 5.97 Å². The predicted octanol–water partition coefficient (Wildman–Crippen LogP) is 6.03. The second-order valence-electron chi connectivity index (χ2n) is 20.3. The van der Waals surface area contributed by atoms with Crippen LogP contribution in [0, 0.1) is 0 Å². The first kappa shape index (κ1) is 67.6. The summed E-state index contributed by atoms with van der Waals surface area (Å²) in [4.78, 5) is 13.1. The third-order valence-corrected chi connectivity index (χ3v) is 14.8. The van der Waals surface area contributed by atoms with Crippen LogP contribution in [-0.4, -0.2) is 196 Å². The Bertz CT molecular complexity index is 2510. The summed E-state index contributed by atoms with van der Waals surface area (Å²) in [7, 11) is -5.64. The molecule has 0 amide bonds. The first-order valence-electron chi connectivity index (χ1n) is 27.3. The van der Waals surface area contributed by atoms with Crippen molar-refractivity contribution in [3.63, 3.8) is 0 Å². The molecular weight excluding hydrogens is 1070 g/mol. The normalized spacial score (nSPS) is 15.4.